The lowest BCUT2D eigenvalue weighted by atomic mass is 9.98. The standard InChI is InChI=1S/C24H23ClN4O2/c1-29-22-11-16(10-18-14-30-15-18)2-8-21(22)28-24(29)27-13-17-3-9-23(26-12-17)31-20-6-4-19(25)5-7-20/h2-9,11-12,18H,10,13-15H2,1H3,(H,27,28). The Morgan fingerprint density at radius 1 is 1.10 bits per heavy atom. The first-order valence-corrected chi connectivity index (χ1v) is 10.7. The van der Waals surface area contributed by atoms with Crippen molar-refractivity contribution in [2.45, 2.75) is 13.0 Å². The second-order valence-electron chi connectivity index (χ2n) is 7.84. The Bertz CT molecular complexity index is 1180. The van der Waals surface area contributed by atoms with Crippen LogP contribution >= 0.6 is 11.6 Å². The fraction of sp³-hybridized carbons (Fsp3) is 0.250. The lowest BCUT2D eigenvalue weighted by Crippen LogP contribution is -2.29. The van der Waals surface area contributed by atoms with Crippen LogP contribution in [0.25, 0.3) is 11.0 Å². The predicted octanol–water partition coefficient (Wildman–Crippen LogP) is 5.22. The second-order valence-corrected chi connectivity index (χ2v) is 8.28. The number of anilines is 1. The maximum absolute atomic E-state index is 5.90. The average molecular weight is 435 g/mol. The van der Waals surface area contributed by atoms with Gasteiger partial charge in [-0.1, -0.05) is 23.7 Å². The van der Waals surface area contributed by atoms with Gasteiger partial charge in [0.05, 0.1) is 24.2 Å². The maximum atomic E-state index is 5.90. The molecule has 31 heavy (non-hydrogen) atoms. The van der Waals surface area contributed by atoms with E-state index in [1.807, 2.05) is 31.3 Å². The first kappa shape index (κ1) is 19.8. The zero-order chi connectivity index (χ0) is 21.2. The highest BCUT2D eigenvalue weighted by Crippen LogP contribution is 2.24. The summed E-state index contributed by atoms with van der Waals surface area (Å²) in [6.45, 7) is 2.36. The third-order valence-electron chi connectivity index (χ3n) is 5.46. The first-order valence-electron chi connectivity index (χ1n) is 10.3. The number of hydrogen-bond acceptors (Lipinski definition) is 5. The summed E-state index contributed by atoms with van der Waals surface area (Å²) in [5.74, 6) is 2.72. The molecule has 1 saturated heterocycles. The second kappa shape index (κ2) is 8.57. The van der Waals surface area contributed by atoms with E-state index in [2.05, 4.69) is 33.1 Å². The van der Waals surface area contributed by atoms with Crippen LogP contribution in [0.2, 0.25) is 5.02 Å². The van der Waals surface area contributed by atoms with Crippen LogP contribution in [0.3, 0.4) is 0 Å². The molecule has 1 N–H and O–H groups in total. The number of pyridine rings is 1. The minimum Gasteiger partial charge on any atom is -0.439 e. The molecule has 0 amide bonds. The molecule has 3 heterocycles. The largest absolute Gasteiger partial charge is 0.439 e. The van der Waals surface area contributed by atoms with Gasteiger partial charge in [0, 0.05) is 36.8 Å². The molecule has 2 aromatic heterocycles. The van der Waals surface area contributed by atoms with Gasteiger partial charge < -0.3 is 19.4 Å². The molecule has 0 radical (unpaired) electrons. The normalized spacial score (nSPS) is 13.9. The molecule has 0 unspecified atom stereocenters. The van der Waals surface area contributed by atoms with Crippen molar-refractivity contribution in [2.24, 2.45) is 13.0 Å². The van der Waals surface area contributed by atoms with Gasteiger partial charge in [-0.3, -0.25) is 0 Å². The molecule has 0 saturated carbocycles. The lowest BCUT2D eigenvalue weighted by molar-refractivity contribution is -0.0312. The van der Waals surface area contributed by atoms with Crippen LogP contribution in [0.1, 0.15) is 11.1 Å². The van der Waals surface area contributed by atoms with Crippen molar-refractivity contribution >= 4 is 28.6 Å². The van der Waals surface area contributed by atoms with Gasteiger partial charge in [-0.25, -0.2) is 9.97 Å². The molecular formula is C24H23ClN4O2. The minimum atomic E-state index is 0.540. The monoisotopic (exact) mass is 434 g/mol. The van der Waals surface area contributed by atoms with Crippen molar-refractivity contribution < 1.29 is 9.47 Å². The van der Waals surface area contributed by atoms with Crippen molar-refractivity contribution in [3.05, 3.63) is 76.9 Å². The topological polar surface area (TPSA) is 61.2 Å². The average Bonchev–Trinajstić information content (AvgIpc) is 3.07. The fourth-order valence-corrected chi connectivity index (χ4v) is 3.76. The summed E-state index contributed by atoms with van der Waals surface area (Å²) < 4.78 is 13.1. The quantitative estimate of drug-likeness (QED) is 0.432. The number of fused-ring (bicyclic) bond motifs is 1. The van der Waals surface area contributed by atoms with Crippen LogP contribution in [-0.4, -0.2) is 27.7 Å². The Kier molecular flexibility index (Phi) is 5.49. The molecule has 158 valence electrons. The van der Waals surface area contributed by atoms with Gasteiger partial charge in [-0.15, -0.1) is 0 Å². The van der Waals surface area contributed by atoms with Crippen molar-refractivity contribution in [1.82, 2.24) is 14.5 Å². The molecule has 7 heteroatoms. The Balaban J connectivity index is 1.23. The highest BCUT2D eigenvalue weighted by Gasteiger charge is 2.19. The third kappa shape index (κ3) is 4.50. The number of benzene rings is 2. The maximum Gasteiger partial charge on any atom is 0.219 e. The summed E-state index contributed by atoms with van der Waals surface area (Å²) in [6.07, 6.45) is 2.86. The minimum absolute atomic E-state index is 0.540. The van der Waals surface area contributed by atoms with E-state index in [0.717, 1.165) is 42.2 Å². The number of nitrogens with one attached hydrogen (secondary N) is 1. The Morgan fingerprint density at radius 2 is 1.90 bits per heavy atom. The summed E-state index contributed by atoms with van der Waals surface area (Å²) in [5.41, 5.74) is 4.49. The SMILES string of the molecule is Cn1c(NCc2ccc(Oc3ccc(Cl)cc3)nc2)nc2ccc(CC3COC3)cc21. The van der Waals surface area contributed by atoms with Crippen LogP contribution in [0.15, 0.2) is 60.8 Å². The smallest absolute Gasteiger partial charge is 0.219 e. The zero-order valence-electron chi connectivity index (χ0n) is 17.2. The fourth-order valence-electron chi connectivity index (χ4n) is 3.64. The molecular weight excluding hydrogens is 412 g/mol. The number of ether oxygens (including phenoxy) is 2. The molecule has 1 aliphatic rings. The Morgan fingerprint density at radius 3 is 2.61 bits per heavy atom. The molecule has 4 aromatic rings. The van der Waals surface area contributed by atoms with E-state index in [-0.39, 0.29) is 0 Å². The molecule has 2 aromatic carbocycles. The first-order chi connectivity index (χ1) is 15.1. The number of imidazole rings is 1. The van der Waals surface area contributed by atoms with E-state index in [0.29, 0.717) is 29.1 Å². The van der Waals surface area contributed by atoms with Gasteiger partial charge in [0.1, 0.15) is 5.75 Å². The van der Waals surface area contributed by atoms with E-state index in [1.165, 1.54) is 5.56 Å². The highest BCUT2D eigenvalue weighted by molar-refractivity contribution is 6.30. The van der Waals surface area contributed by atoms with E-state index in [1.54, 1.807) is 18.3 Å². The number of aromatic nitrogens is 3. The summed E-state index contributed by atoms with van der Waals surface area (Å²) in [5, 5.41) is 4.09. The Hall–Kier alpha value is -3.09. The molecule has 1 aliphatic heterocycles. The van der Waals surface area contributed by atoms with Gasteiger partial charge >= 0.3 is 0 Å². The molecule has 5 rings (SSSR count). The summed E-state index contributed by atoms with van der Waals surface area (Å²) in [6, 6.07) is 17.6. The number of rotatable bonds is 7. The molecule has 0 bridgehead atoms. The van der Waals surface area contributed by atoms with Crippen LogP contribution in [0.5, 0.6) is 11.6 Å². The molecule has 0 atom stereocenters. The number of halogens is 1. The van der Waals surface area contributed by atoms with Gasteiger partial charge in [0.15, 0.2) is 0 Å². The number of aryl methyl sites for hydroxylation is 1. The van der Waals surface area contributed by atoms with Crippen molar-refractivity contribution in [3.8, 4) is 11.6 Å². The molecule has 6 nitrogen and oxygen atoms in total. The van der Waals surface area contributed by atoms with E-state index in [9.17, 15) is 0 Å². The van der Waals surface area contributed by atoms with Gasteiger partial charge in [-0.2, -0.15) is 0 Å². The van der Waals surface area contributed by atoms with Gasteiger partial charge in [0.2, 0.25) is 11.8 Å². The van der Waals surface area contributed by atoms with E-state index < -0.39 is 0 Å². The van der Waals surface area contributed by atoms with Crippen LogP contribution in [0.4, 0.5) is 5.95 Å². The summed E-state index contributed by atoms with van der Waals surface area (Å²) >= 11 is 5.90. The molecule has 0 spiro atoms. The van der Waals surface area contributed by atoms with Gasteiger partial charge in [-0.05, 0) is 53.9 Å². The van der Waals surface area contributed by atoms with Crippen molar-refractivity contribution in [2.75, 3.05) is 18.5 Å². The van der Waals surface area contributed by atoms with E-state index in [4.69, 9.17) is 26.1 Å². The van der Waals surface area contributed by atoms with Crippen molar-refractivity contribution in [1.29, 1.82) is 0 Å². The molecule has 1 fully saturated rings. The number of hydrogen-bond donors (Lipinski definition) is 1. The van der Waals surface area contributed by atoms with Crippen LogP contribution in [-0.2, 0) is 24.8 Å². The highest BCUT2D eigenvalue weighted by atomic mass is 35.5. The van der Waals surface area contributed by atoms with Crippen molar-refractivity contribution in [3.63, 3.8) is 0 Å². The summed E-state index contributed by atoms with van der Waals surface area (Å²) in [7, 11) is 2.04. The zero-order valence-corrected chi connectivity index (χ0v) is 18.0. The predicted molar refractivity (Wildman–Crippen MR) is 122 cm³/mol. The third-order valence-corrected chi connectivity index (χ3v) is 5.71. The van der Waals surface area contributed by atoms with Crippen LogP contribution in [0, 0.1) is 5.92 Å². The van der Waals surface area contributed by atoms with E-state index >= 15 is 0 Å². The van der Waals surface area contributed by atoms with Crippen LogP contribution < -0.4 is 10.1 Å². The summed E-state index contributed by atoms with van der Waals surface area (Å²) in [4.78, 5) is 9.13. The lowest BCUT2D eigenvalue weighted by Gasteiger charge is -2.25. The Labute approximate surface area is 185 Å². The van der Waals surface area contributed by atoms with Gasteiger partial charge in [0.25, 0.3) is 0 Å². The number of nitrogens with zero attached hydrogens (tertiary/aromatic N) is 3. The molecule has 0 aliphatic carbocycles.